The standard InChI is InChI=1S/C35H48O5/c1-4-7-17-37-26-32-24-31(38-18-8-5-2)25-35(36,40-32)33-23-27(15-16-34(33)39-19-9-6-3)20-28-21-29-13-11-10-12-14-30(29)22-28/h10-16,21-23,31-32,36H,4-9,17-20,24-26H2,1-3H3/t31-,32-,35?/m0/s1. The van der Waals surface area contributed by atoms with Crippen LogP contribution in [0.2, 0.25) is 0 Å². The fourth-order valence-electron chi connectivity index (χ4n) is 5.38. The summed E-state index contributed by atoms with van der Waals surface area (Å²) in [6.07, 6.45) is 7.64. The van der Waals surface area contributed by atoms with Crippen molar-refractivity contribution in [1.82, 2.24) is 0 Å². The van der Waals surface area contributed by atoms with Crippen molar-refractivity contribution in [2.24, 2.45) is 0 Å². The van der Waals surface area contributed by atoms with E-state index < -0.39 is 5.79 Å². The van der Waals surface area contributed by atoms with Crippen LogP contribution in [-0.4, -0.2) is 43.7 Å². The summed E-state index contributed by atoms with van der Waals surface area (Å²) in [6.45, 7) is 8.89. The van der Waals surface area contributed by atoms with E-state index in [0.29, 0.717) is 50.6 Å². The monoisotopic (exact) mass is 548 g/mol. The molecule has 5 heteroatoms. The fourth-order valence-corrected chi connectivity index (χ4v) is 5.38. The summed E-state index contributed by atoms with van der Waals surface area (Å²) < 4.78 is 24.9. The van der Waals surface area contributed by atoms with Gasteiger partial charge in [0.25, 0.3) is 0 Å². The lowest BCUT2D eigenvalue weighted by Gasteiger charge is -2.42. The van der Waals surface area contributed by atoms with E-state index in [1.807, 2.05) is 6.07 Å². The number of fused-ring (bicyclic) bond motifs is 1. The molecule has 0 radical (unpaired) electrons. The minimum absolute atomic E-state index is 0.113. The molecule has 1 N–H and O–H groups in total. The van der Waals surface area contributed by atoms with Gasteiger partial charge in [0.05, 0.1) is 31.0 Å². The number of hydrogen-bond acceptors (Lipinski definition) is 5. The third-order valence-electron chi connectivity index (χ3n) is 7.61. The lowest BCUT2D eigenvalue weighted by Crippen LogP contribution is -2.46. The van der Waals surface area contributed by atoms with Crippen LogP contribution in [0.15, 0.2) is 60.7 Å². The van der Waals surface area contributed by atoms with Crippen molar-refractivity contribution in [2.75, 3.05) is 26.4 Å². The van der Waals surface area contributed by atoms with E-state index >= 15 is 0 Å². The summed E-state index contributed by atoms with van der Waals surface area (Å²) >= 11 is 0. The van der Waals surface area contributed by atoms with Gasteiger partial charge in [-0.15, -0.1) is 0 Å². The maximum absolute atomic E-state index is 12.2. The first-order valence-corrected chi connectivity index (χ1v) is 15.4. The van der Waals surface area contributed by atoms with Gasteiger partial charge in [0.1, 0.15) is 5.75 Å². The molecule has 3 atom stereocenters. The maximum atomic E-state index is 12.2. The fraction of sp³-hybridized carbons (Fsp3) is 0.543. The first-order chi connectivity index (χ1) is 19.5. The van der Waals surface area contributed by atoms with Gasteiger partial charge in [-0.25, -0.2) is 0 Å². The minimum atomic E-state index is -1.52. The highest BCUT2D eigenvalue weighted by Crippen LogP contribution is 2.42. The zero-order valence-corrected chi connectivity index (χ0v) is 24.7. The van der Waals surface area contributed by atoms with Crippen LogP contribution >= 0.6 is 0 Å². The molecule has 0 bridgehead atoms. The van der Waals surface area contributed by atoms with Crippen molar-refractivity contribution in [1.29, 1.82) is 0 Å². The highest BCUT2D eigenvalue weighted by molar-refractivity contribution is 5.68. The number of hydrogen-bond donors (Lipinski definition) is 1. The molecule has 1 aromatic carbocycles. The number of aliphatic hydroxyl groups is 1. The highest BCUT2D eigenvalue weighted by Gasteiger charge is 2.44. The van der Waals surface area contributed by atoms with Crippen molar-refractivity contribution in [3.63, 3.8) is 0 Å². The summed E-state index contributed by atoms with van der Waals surface area (Å²) in [5.74, 6) is -0.838. The van der Waals surface area contributed by atoms with Crippen LogP contribution in [-0.2, 0) is 26.4 Å². The molecule has 1 unspecified atom stereocenters. The Balaban J connectivity index is 1.61. The molecule has 40 heavy (non-hydrogen) atoms. The summed E-state index contributed by atoms with van der Waals surface area (Å²) in [5.41, 5.74) is 5.50. The van der Waals surface area contributed by atoms with Crippen LogP contribution in [0.5, 0.6) is 5.75 Å². The van der Waals surface area contributed by atoms with E-state index in [1.54, 1.807) is 0 Å². The van der Waals surface area contributed by atoms with Crippen LogP contribution < -0.4 is 4.74 Å². The molecule has 0 saturated carbocycles. The molecule has 1 aliphatic heterocycles. The second kappa shape index (κ2) is 15.5. The van der Waals surface area contributed by atoms with Crippen LogP contribution in [0, 0.1) is 0 Å². The van der Waals surface area contributed by atoms with Crippen LogP contribution in [0.4, 0.5) is 0 Å². The first kappa shape index (κ1) is 30.5. The Bertz CT molecular complexity index is 1100. The largest absolute Gasteiger partial charge is 0.493 e. The molecule has 1 aromatic rings. The van der Waals surface area contributed by atoms with Gasteiger partial charge in [-0.2, -0.15) is 0 Å². The second-order valence-electron chi connectivity index (χ2n) is 11.1. The van der Waals surface area contributed by atoms with E-state index in [1.165, 1.54) is 16.7 Å². The number of ether oxygens (including phenoxy) is 4. The smallest absolute Gasteiger partial charge is 0.198 e. The molecular formula is C35H48O5. The van der Waals surface area contributed by atoms with E-state index in [2.05, 4.69) is 75.4 Å². The van der Waals surface area contributed by atoms with Gasteiger partial charge in [-0.05, 0) is 60.1 Å². The van der Waals surface area contributed by atoms with Crippen molar-refractivity contribution in [2.45, 2.75) is 96.6 Å². The van der Waals surface area contributed by atoms with E-state index in [9.17, 15) is 5.11 Å². The van der Waals surface area contributed by atoms with Crippen molar-refractivity contribution in [3.8, 4) is 16.9 Å². The summed E-state index contributed by atoms with van der Waals surface area (Å²) in [5, 5.41) is 12.2. The Labute approximate surface area is 241 Å². The number of benzene rings is 1. The number of rotatable bonds is 16. The number of unbranched alkanes of at least 4 members (excludes halogenated alkanes) is 3. The zero-order valence-electron chi connectivity index (χ0n) is 24.7. The molecule has 218 valence electrons. The van der Waals surface area contributed by atoms with Crippen molar-refractivity contribution >= 4 is 0 Å². The average Bonchev–Trinajstić information content (AvgIpc) is 3.19. The third-order valence-corrected chi connectivity index (χ3v) is 7.61. The van der Waals surface area contributed by atoms with E-state index in [-0.39, 0.29) is 12.2 Å². The minimum Gasteiger partial charge on any atom is -0.493 e. The molecule has 1 saturated heterocycles. The third kappa shape index (κ3) is 8.53. The average molecular weight is 549 g/mol. The van der Waals surface area contributed by atoms with Crippen LogP contribution in [0.3, 0.4) is 0 Å². The first-order valence-electron chi connectivity index (χ1n) is 15.4. The SMILES string of the molecule is CCCCOC[C@@H]1C[C@H](OCCCC)CC(O)(c2cc(Cc3cc4cccccc-4c3)ccc2OCCCC)O1. The van der Waals surface area contributed by atoms with Crippen molar-refractivity contribution in [3.05, 3.63) is 77.4 Å². The molecule has 0 amide bonds. The second-order valence-corrected chi connectivity index (χ2v) is 11.1. The van der Waals surface area contributed by atoms with Gasteiger partial charge in [0.15, 0.2) is 5.79 Å². The summed E-state index contributed by atoms with van der Waals surface area (Å²) in [6, 6.07) is 21.2. The molecule has 0 spiro atoms. The van der Waals surface area contributed by atoms with E-state index in [4.69, 9.17) is 18.9 Å². The van der Waals surface area contributed by atoms with Crippen molar-refractivity contribution < 1.29 is 24.1 Å². The Morgan fingerprint density at radius 2 is 1.52 bits per heavy atom. The maximum Gasteiger partial charge on any atom is 0.198 e. The van der Waals surface area contributed by atoms with Gasteiger partial charge < -0.3 is 24.1 Å². The van der Waals surface area contributed by atoms with Crippen LogP contribution in [0.1, 0.15) is 88.8 Å². The highest BCUT2D eigenvalue weighted by atomic mass is 16.6. The normalized spacial score (nSPS) is 21.1. The Hall–Kier alpha value is -2.44. The Morgan fingerprint density at radius 3 is 2.25 bits per heavy atom. The van der Waals surface area contributed by atoms with Gasteiger partial charge >= 0.3 is 0 Å². The molecule has 1 fully saturated rings. The molecular weight excluding hydrogens is 500 g/mol. The molecule has 2 aliphatic carbocycles. The van der Waals surface area contributed by atoms with Crippen LogP contribution in [0.25, 0.3) is 11.1 Å². The Kier molecular flexibility index (Phi) is 11.8. The van der Waals surface area contributed by atoms with Gasteiger partial charge in [0.2, 0.25) is 0 Å². The van der Waals surface area contributed by atoms with Gasteiger partial charge in [0, 0.05) is 26.1 Å². The Morgan fingerprint density at radius 1 is 0.825 bits per heavy atom. The predicted molar refractivity (Wildman–Crippen MR) is 161 cm³/mol. The quantitative estimate of drug-likeness (QED) is 0.185. The lowest BCUT2D eigenvalue weighted by atomic mass is 9.90. The van der Waals surface area contributed by atoms with Gasteiger partial charge in [-0.1, -0.05) is 88.6 Å². The van der Waals surface area contributed by atoms with Gasteiger partial charge in [-0.3, -0.25) is 0 Å². The molecule has 1 heterocycles. The lowest BCUT2D eigenvalue weighted by molar-refractivity contribution is -0.292. The molecule has 0 aromatic heterocycles. The predicted octanol–water partition coefficient (Wildman–Crippen LogP) is 7.89. The molecule has 3 aliphatic rings. The molecule has 5 nitrogen and oxygen atoms in total. The summed E-state index contributed by atoms with van der Waals surface area (Å²) in [4.78, 5) is 0. The van der Waals surface area contributed by atoms with E-state index in [0.717, 1.165) is 50.5 Å². The zero-order chi connectivity index (χ0) is 28.2. The topological polar surface area (TPSA) is 57.2 Å². The summed E-state index contributed by atoms with van der Waals surface area (Å²) in [7, 11) is 0. The molecule has 4 rings (SSSR count).